The number of aromatic nitrogens is 2. The van der Waals surface area contributed by atoms with Crippen molar-refractivity contribution in [2.45, 2.75) is 13.5 Å². The van der Waals surface area contributed by atoms with Gasteiger partial charge in [0.15, 0.2) is 0 Å². The summed E-state index contributed by atoms with van der Waals surface area (Å²) in [7, 11) is -3.49. The second-order valence-electron chi connectivity index (χ2n) is 6.02. The van der Waals surface area contributed by atoms with Crippen LogP contribution >= 0.6 is 0 Å². The van der Waals surface area contributed by atoms with Crippen molar-refractivity contribution in [3.8, 4) is 5.75 Å². The molecular formula is C19H21N3O3S. The van der Waals surface area contributed by atoms with Gasteiger partial charge in [0, 0.05) is 24.6 Å². The molecule has 0 aliphatic carbocycles. The third-order valence-corrected chi connectivity index (χ3v) is 5.02. The maximum absolute atomic E-state index is 12.3. The fourth-order valence-electron chi connectivity index (χ4n) is 2.46. The van der Waals surface area contributed by atoms with Crippen LogP contribution in [0, 0.1) is 6.92 Å². The smallest absolute Gasteiger partial charge is 0.236 e. The lowest BCUT2D eigenvalue weighted by atomic mass is 10.2. The minimum atomic E-state index is -3.49. The minimum absolute atomic E-state index is 0.0904. The molecule has 1 heterocycles. The second-order valence-corrected chi connectivity index (χ2v) is 7.86. The van der Waals surface area contributed by atoms with Crippen LogP contribution in [0.5, 0.6) is 5.75 Å². The van der Waals surface area contributed by atoms with Gasteiger partial charge in [0.25, 0.3) is 0 Å². The van der Waals surface area contributed by atoms with E-state index in [2.05, 4.69) is 9.71 Å². The zero-order valence-electron chi connectivity index (χ0n) is 14.5. The highest BCUT2D eigenvalue weighted by molar-refractivity contribution is 7.92. The first kappa shape index (κ1) is 18.0. The Balaban J connectivity index is 1.55. The van der Waals surface area contributed by atoms with Crippen LogP contribution in [0.4, 0.5) is 5.69 Å². The summed E-state index contributed by atoms with van der Waals surface area (Å²) in [5.74, 6) is 0.542. The fraction of sp³-hybridized carbons (Fsp3) is 0.211. The van der Waals surface area contributed by atoms with E-state index in [9.17, 15) is 8.42 Å². The molecule has 2 aromatic carbocycles. The van der Waals surface area contributed by atoms with Crippen molar-refractivity contribution >= 4 is 15.7 Å². The van der Waals surface area contributed by atoms with Crippen molar-refractivity contribution < 1.29 is 13.2 Å². The molecule has 0 atom stereocenters. The van der Waals surface area contributed by atoms with Crippen LogP contribution in [0.15, 0.2) is 67.3 Å². The highest BCUT2D eigenvalue weighted by Crippen LogP contribution is 2.15. The summed E-state index contributed by atoms with van der Waals surface area (Å²) in [6.45, 7) is 2.71. The van der Waals surface area contributed by atoms with E-state index in [1.165, 1.54) is 0 Å². The van der Waals surface area contributed by atoms with Crippen LogP contribution in [-0.2, 0) is 16.6 Å². The zero-order valence-corrected chi connectivity index (χ0v) is 15.3. The monoisotopic (exact) mass is 371 g/mol. The van der Waals surface area contributed by atoms with E-state index >= 15 is 0 Å². The lowest BCUT2D eigenvalue weighted by Gasteiger charge is -2.11. The van der Waals surface area contributed by atoms with Crippen molar-refractivity contribution in [1.82, 2.24) is 9.55 Å². The Morgan fingerprint density at radius 3 is 2.69 bits per heavy atom. The van der Waals surface area contributed by atoms with Gasteiger partial charge in [-0.15, -0.1) is 0 Å². The minimum Gasteiger partial charge on any atom is -0.492 e. The van der Waals surface area contributed by atoms with Crippen LogP contribution in [0.25, 0.3) is 0 Å². The van der Waals surface area contributed by atoms with Gasteiger partial charge in [-0.05, 0) is 36.8 Å². The first-order chi connectivity index (χ1) is 12.5. The summed E-state index contributed by atoms with van der Waals surface area (Å²) < 4.78 is 34.6. The summed E-state index contributed by atoms with van der Waals surface area (Å²) in [6, 6.07) is 14.8. The molecule has 0 radical (unpaired) electrons. The van der Waals surface area contributed by atoms with Gasteiger partial charge >= 0.3 is 0 Å². The number of rotatable bonds is 8. The highest BCUT2D eigenvalue weighted by Gasteiger charge is 2.11. The van der Waals surface area contributed by atoms with Crippen LogP contribution in [-0.4, -0.2) is 30.3 Å². The normalized spacial score (nSPS) is 11.3. The van der Waals surface area contributed by atoms with Crippen molar-refractivity contribution in [3.63, 3.8) is 0 Å². The topological polar surface area (TPSA) is 73.2 Å². The first-order valence-corrected chi connectivity index (χ1v) is 9.90. The largest absolute Gasteiger partial charge is 0.492 e. The Morgan fingerprint density at radius 2 is 1.96 bits per heavy atom. The van der Waals surface area contributed by atoms with E-state index in [-0.39, 0.29) is 12.4 Å². The molecule has 3 aromatic rings. The van der Waals surface area contributed by atoms with Crippen molar-refractivity contribution in [2.24, 2.45) is 0 Å². The third kappa shape index (κ3) is 5.35. The van der Waals surface area contributed by atoms with E-state index in [1.54, 1.807) is 18.6 Å². The van der Waals surface area contributed by atoms with Gasteiger partial charge in [-0.25, -0.2) is 13.4 Å². The number of aryl methyl sites for hydroxylation is 1. The van der Waals surface area contributed by atoms with Gasteiger partial charge in [-0.1, -0.05) is 29.8 Å². The van der Waals surface area contributed by atoms with Gasteiger partial charge in [0.1, 0.15) is 18.1 Å². The number of anilines is 1. The Hall–Kier alpha value is -2.80. The molecule has 0 saturated heterocycles. The Kier molecular flexibility index (Phi) is 5.58. The van der Waals surface area contributed by atoms with E-state index in [1.807, 2.05) is 60.2 Å². The number of imidazole rings is 1. The molecule has 7 heteroatoms. The molecular weight excluding hydrogens is 350 g/mol. The fourth-order valence-corrected chi connectivity index (χ4v) is 3.35. The van der Waals surface area contributed by atoms with Gasteiger partial charge in [0.05, 0.1) is 6.33 Å². The quantitative estimate of drug-likeness (QED) is 0.660. The Morgan fingerprint density at radius 1 is 1.15 bits per heavy atom. The predicted octanol–water partition coefficient (Wildman–Crippen LogP) is 3.06. The molecule has 136 valence electrons. The predicted molar refractivity (Wildman–Crippen MR) is 102 cm³/mol. The van der Waals surface area contributed by atoms with Crippen LogP contribution in [0.3, 0.4) is 0 Å². The molecule has 1 aromatic heterocycles. The van der Waals surface area contributed by atoms with Gasteiger partial charge in [-0.3, -0.25) is 4.72 Å². The number of sulfonamides is 1. The summed E-state index contributed by atoms with van der Waals surface area (Å²) in [6.07, 6.45) is 5.29. The number of nitrogens with zero attached hydrogens (tertiary/aromatic N) is 2. The summed E-state index contributed by atoms with van der Waals surface area (Å²) >= 11 is 0. The van der Waals surface area contributed by atoms with E-state index < -0.39 is 10.0 Å². The van der Waals surface area contributed by atoms with E-state index in [0.717, 1.165) is 11.1 Å². The van der Waals surface area contributed by atoms with Gasteiger partial charge < -0.3 is 9.30 Å². The molecule has 26 heavy (non-hydrogen) atoms. The number of hydrogen-bond donors (Lipinski definition) is 1. The molecule has 0 unspecified atom stereocenters. The molecule has 0 bridgehead atoms. The second kappa shape index (κ2) is 8.05. The number of hydrogen-bond acceptors (Lipinski definition) is 4. The van der Waals surface area contributed by atoms with E-state index in [4.69, 9.17) is 4.74 Å². The average molecular weight is 371 g/mol. The standard InChI is InChI=1S/C19H21N3O3S/c1-16-5-7-19(8-6-16)25-11-12-26(23,24)21-18-4-2-3-17(13-18)14-22-10-9-20-15-22/h2-10,13,15,21H,11-12,14H2,1H3. The average Bonchev–Trinajstić information content (AvgIpc) is 3.09. The lowest BCUT2D eigenvalue weighted by Crippen LogP contribution is -2.21. The van der Waals surface area contributed by atoms with E-state index in [0.29, 0.717) is 18.0 Å². The first-order valence-electron chi connectivity index (χ1n) is 8.25. The molecule has 0 aliphatic rings. The summed E-state index contributed by atoms with van der Waals surface area (Å²) in [4.78, 5) is 4.00. The number of nitrogens with one attached hydrogen (secondary N) is 1. The summed E-state index contributed by atoms with van der Waals surface area (Å²) in [5, 5.41) is 0. The number of benzene rings is 2. The molecule has 0 fully saturated rings. The van der Waals surface area contributed by atoms with Crippen LogP contribution in [0.2, 0.25) is 0 Å². The third-order valence-electron chi connectivity index (χ3n) is 3.77. The maximum Gasteiger partial charge on any atom is 0.236 e. The molecule has 6 nitrogen and oxygen atoms in total. The van der Waals surface area contributed by atoms with Crippen LogP contribution in [0.1, 0.15) is 11.1 Å². The molecule has 0 spiro atoms. The summed E-state index contributed by atoms with van der Waals surface area (Å²) in [5.41, 5.74) is 2.65. The molecule has 0 saturated carbocycles. The Labute approximate surface area is 153 Å². The van der Waals surface area contributed by atoms with Gasteiger partial charge in [-0.2, -0.15) is 0 Å². The van der Waals surface area contributed by atoms with Gasteiger partial charge in [0.2, 0.25) is 10.0 Å². The van der Waals surface area contributed by atoms with Crippen LogP contribution < -0.4 is 9.46 Å². The van der Waals surface area contributed by atoms with Crippen molar-refractivity contribution in [3.05, 3.63) is 78.4 Å². The Bertz CT molecular complexity index is 936. The molecule has 3 rings (SSSR count). The molecule has 0 aliphatic heterocycles. The maximum atomic E-state index is 12.3. The van der Waals surface area contributed by atoms with Crippen molar-refractivity contribution in [1.29, 1.82) is 0 Å². The zero-order chi connectivity index (χ0) is 18.4. The molecule has 1 N–H and O–H groups in total. The molecule has 0 amide bonds. The highest BCUT2D eigenvalue weighted by atomic mass is 32.2. The number of ether oxygens (including phenoxy) is 1. The van der Waals surface area contributed by atoms with Crippen molar-refractivity contribution in [2.75, 3.05) is 17.1 Å². The SMILES string of the molecule is Cc1ccc(OCCS(=O)(=O)Nc2cccc(Cn3ccnc3)c2)cc1. The lowest BCUT2D eigenvalue weighted by molar-refractivity contribution is 0.341.